The number of nitrogens with zero attached hydrogens (tertiary/aromatic N) is 2. The van der Waals surface area contributed by atoms with Gasteiger partial charge in [0.25, 0.3) is 0 Å². The number of aryl methyl sites for hydroxylation is 1. The Bertz CT molecular complexity index is 597. The monoisotopic (exact) mass is 446 g/mol. The quantitative estimate of drug-likeness (QED) is 0.282. The minimum Gasteiger partial charge on any atom is -0.356 e. The molecule has 1 aromatic carbocycles. The van der Waals surface area contributed by atoms with Gasteiger partial charge in [0.15, 0.2) is 5.96 Å². The lowest BCUT2D eigenvalue weighted by molar-refractivity contribution is 0.640. The average molecular weight is 446 g/mol. The molecule has 0 bridgehead atoms. The van der Waals surface area contributed by atoms with Crippen LogP contribution in [0.25, 0.3) is 10.9 Å². The van der Waals surface area contributed by atoms with Crippen molar-refractivity contribution >= 4 is 52.6 Å². The largest absolute Gasteiger partial charge is 0.356 e. The van der Waals surface area contributed by atoms with Crippen LogP contribution in [-0.2, 0) is 6.54 Å². The summed E-state index contributed by atoms with van der Waals surface area (Å²) in [5.74, 6) is 2.09. The molecule has 0 atom stereocenters. The van der Waals surface area contributed by atoms with Crippen LogP contribution >= 0.6 is 35.7 Å². The fourth-order valence-electron chi connectivity index (χ4n) is 2.44. The molecule has 0 spiro atoms. The van der Waals surface area contributed by atoms with Gasteiger partial charge < -0.3 is 15.2 Å². The van der Waals surface area contributed by atoms with Crippen LogP contribution in [0.2, 0.25) is 0 Å². The molecule has 0 fully saturated rings. The lowest BCUT2D eigenvalue weighted by atomic mass is 10.2. The van der Waals surface area contributed by atoms with Crippen LogP contribution < -0.4 is 10.6 Å². The number of halogens is 1. The maximum atomic E-state index is 4.25. The average Bonchev–Trinajstić information content (AvgIpc) is 2.97. The Morgan fingerprint density at radius 3 is 2.61 bits per heavy atom. The minimum atomic E-state index is 0. The fourth-order valence-corrected chi connectivity index (χ4v) is 2.87. The van der Waals surface area contributed by atoms with E-state index < -0.39 is 0 Å². The van der Waals surface area contributed by atoms with E-state index in [1.54, 1.807) is 0 Å². The lowest BCUT2D eigenvalue weighted by Gasteiger charge is -2.12. The molecule has 0 aliphatic carbocycles. The van der Waals surface area contributed by atoms with Crippen LogP contribution in [0.4, 0.5) is 0 Å². The van der Waals surface area contributed by atoms with Gasteiger partial charge in [0.05, 0.1) is 0 Å². The fraction of sp³-hybridized carbons (Fsp3) is 0.471. The zero-order valence-corrected chi connectivity index (χ0v) is 17.1. The molecular formula is C17H27IN4S. The van der Waals surface area contributed by atoms with E-state index in [4.69, 9.17) is 0 Å². The Kier molecular flexibility index (Phi) is 10.2. The summed E-state index contributed by atoms with van der Waals surface area (Å²) in [6.07, 6.45) is 6.54. The number of hydrogen-bond acceptors (Lipinski definition) is 2. The normalized spacial score (nSPS) is 11.3. The molecule has 2 rings (SSSR count). The van der Waals surface area contributed by atoms with E-state index >= 15 is 0 Å². The summed E-state index contributed by atoms with van der Waals surface area (Å²) in [4.78, 5) is 4.25. The molecule has 1 heterocycles. The molecular weight excluding hydrogens is 419 g/mol. The summed E-state index contributed by atoms with van der Waals surface area (Å²) in [5, 5.41) is 8.03. The van der Waals surface area contributed by atoms with Crippen molar-refractivity contribution in [3.63, 3.8) is 0 Å². The molecule has 0 aliphatic heterocycles. The second-order valence-corrected chi connectivity index (χ2v) is 6.18. The first-order valence-corrected chi connectivity index (χ1v) is 9.22. The van der Waals surface area contributed by atoms with E-state index in [0.29, 0.717) is 0 Å². The maximum absolute atomic E-state index is 4.25. The molecule has 2 aromatic rings. The first-order chi connectivity index (χ1) is 10.8. The zero-order chi connectivity index (χ0) is 15.6. The topological polar surface area (TPSA) is 41.4 Å². The van der Waals surface area contributed by atoms with Crippen LogP contribution in [0.1, 0.15) is 12.8 Å². The number of nitrogens with one attached hydrogen (secondary N) is 2. The third kappa shape index (κ3) is 6.63. The van der Waals surface area contributed by atoms with Gasteiger partial charge in [-0.2, -0.15) is 11.8 Å². The number of aromatic nitrogens is 1. The summed E-state index contributed by atoms with van der Waals surface area (Å²) < 4.78 is 2.31. The maximum Gasteiger partial charge on any atom is 0.190 e. The van der Waals surface area contributed by atoms with Crippen molar-refractivity contribution in [2.24, 2.45) is 4.99 Å². The van der Waals surface area contributed by atoms with E-state index in [2.05, 4.69) is 63.0 Å². The molecule has 0 saturated carbocycles. The number of thioether (sulfide) groups is 1. The predicted molar refractivity (Wildman–Crippen MR) is 114 cm³/mol. The summed E-state index contributed by atoms with van der Waals surface area (Å²) >= 11 is 1.88. The second kappa shape index (κ2) is 11.6. The molecule has 128 valence electrons. The Morgan fingerprint density at radius 2 is 1.87 bits per heavy atom. The number of aliphatic imine (C=N–C) groups is 1. The third-order valence-corrected chi connectivity index (χ3v) is 4.29. The van der Waals surface area contributed by atoms with Gasteiger partial charge in [-0.25, -0.2) is 0 Å². The van der Waals surface area contributed by atoms with Crippen molar-refractivity contribution in [3.05, 3.63) is 36.5 Å². The Labute approximate surface area is 160 Å². The molecule has 23 heavy (non-hydrogen) atoms. The van der Waals surface area contributed by atoms with Gasteiger partial charge in [0.1, 0.15) is 0 Å². The standard InChI is InChI=1S/C17H26N4S.HI/c1-18-17(20-11-6-14-22-2)19-10-5-12-21-13-9-15-7-3-4-8-16(15)21;/h3-4,7-9,13H,5-6,10-12,14H2,1-2H3,(H2,18,19,20);1H. The molecule has 0 radical (unpaired) electrons. The van der Waals surface area contributed by atoms with Gasteiger partial charge in [0.2, 0.25) is 0 Å². The molecule has 0 unspecified atom stereocenters. The highest BCUT2D eigenvalue weighted by Crippen LogP contribution is 2.15. The van der Waals surface area contributed by atoms with Crippen LogP contribution in [0.5, 0.6) is 0 Å². The number of hydrogen-bond donors (Lipinski definition) is 2. The molecule has 0 amide bonds. The van der Waals surface area contributed by atoms with E-state index in [0.717, 1.165) is 38.4 Å². The summed E-state index contributed by atoms with van der Waals surface area (Å²) in [5.41, 5.74) is 1.31. The molecule has 1 aromatic heterocycles. The van der Waals surface area contributed by atoms with Crippen LogP contribution in [-0.4, -0.2) is 42.7 Å². The highest BCUT2D eigenvalue weighted by Gasteiger charge is 2.00. The highest BCUT2D eigenvalue weighted by molar-refractivity contribution is 14.0. The molecule has 0 aliphatic rings. The summed E-state index contributed by atoms with van der Waals surface area (Å²) in [6.45, 7) is 2.92. The van der Waals surface area contributed by atoms with Gasteiger partial charge in [-0.1, -0.05) is 18.2 Å². The second-order valence-electron chi connectivity index (χ2n) is 5.19. The highest BCUT2D eigenvalue weighted by atomic mass is 127. The van der Waals surface area contributed by atoms with Crippen molar-refractivity contribution in [2.45, 2.75) is 19.4 Å². The van der Waals surface area contributed by atoms with Crippen molar-refractivity contribution in [1.82, 2.24) is 15.2 Å². The van der Waals surface area contributed by atoms with Crippen LogP contribution in [0.3, 0.4) is 0 Å². The van der Waals surface area contributed by atoms with Crippen LogP contribution in [0, 0.1) is 0 Å². The van der Waals surface area contributed by atoms with E-state index in [-0.39, 0.29) is 24.0 Å². The molecule has 6 heteroatoms. The summed E-state index contributed by atoms with van der Waals surface area (Å²) in [7, 11) is 1.82. The smallest absolute Gasteiger partial charge is 0.190 e. The number of para-hydroxylation sites is 1. The third-order valence-electron chi connectivity index (χ3n) is 3.59. The molecule has 4 nitrogen and oxygen atoms in total. The summed E-state index contributed by atoms with van der Waals surface area (Å²) in [6, 6.07) is 10.7. The predicted octanol–water partition coefficient (Wildman–Crippen LogP) is 3.57. The number of rotatable bonds is 8. The Balaban J connectivity index is 0.00000264. The minimum absolute atomic E-state index is 0. The lowest BCUT2D eigenvalue weighted by Crippen LogP contribution is -2.38. The Hall–Kier alpha value is -0.890. The van der Waals surface area contributed by atoms with Gasteiger partial charge in [-0.15, -0.1) is 24.0 Å². The Morgan fingerprint density at radius 1 is 1.13 bits per heavy atom. The number of fused-ring (bicyclic) bond motifs is 1. The van der Waals surface area contributed by atoms with Gasteiger partial charge in [-0.3, -0.25) is 4.99 Å². The van der Waals surface area contributed by atoms with E-state index in [1.165, 1.54) is 16.7 Å². The van der Waals surface area contributed by atoms with Crippen molar-refractivity contribution in [3.8, 4) is 0 Å². The van der Waals surface area contributed by atoms with Gasteiger partial charge in [-0.05, 0) is 42.4 Å². The van der Waals surface area contributed by atoms with Crippen molar-refractivity contribution in [2.75, 3.05) is 32.1 Å². The first-order valence-electron chi connectivity index (χ1n) is 7.82. The van der Waals surface area contributed by atoms with Crippen molar-refractivity contribution < 1.29 is 0 Å². The van der Waals surface area contributed by atoms with E-state index in [9.17, 15) is 0 Å². The van der Waals surface area contributed by atoms with Crippen LogP contribution in [0.15, 0.2) is 41.5 Å². The first kappa shape index (κ1) is 20.2. The van der Waals surface area contributed by atoms with Crippen molar-refractivity contribution in [1.29, 1.82) is 0 Å². The SMILES string of the molecule is CN=C(NCCCSC)NCCCn1ccc2ccccc21.I. The number of benzene rings is 1. The zero-order valence-electron chi connectivity index (χ0n) is 13.9. The van der Waals surface area contributed by atoms with E-state index in [1.807, 2.05) is 18.8 Å². The van der Waals surface area contributed by atoms with Gasteiger partial charge in [0, 0.05) is 38.4 Å². The molecule has 2 N–H and O–H groups in total. The van der Waals surface area contributed by atoms with Gasteiger partial charge >= 0.3 is 0 Å². The molecule has 0 saturated heterocycles. The number of guanidine groups is 1.